The molecule has 9 aromatic rings. The Labute approximate surface area is 263 Å². The molecule has 0 amide bonds. The first-order valence-corrected chi connectivity index (χ1v) is 14.0. The number of nitrogens with zero attached hydrogens (tertiary/aromatic N) is 4. The second-order valence-corrected chi connectivity index (χ2v) is 10.7. The predicted octanol–water partition coefficient (Wildman–Crippen LogP) is 8.06. The molecule has 9 rings (SSSR count). The van der Waals surface area contributed by atoms with Gasteiger partial charge in [-0.05, 0) is 29.6 Å². The molecule has 43 heavy (non-hydrogen) atoms. The van der Waals surface area contributed by atoms with Gasteiger partial charge in [-0.1, -0.05) is 84.0 Å². The molecule has 0 bridgehead atoms. The summed E-state index contributed by atoms with van der Waals surface area (Å²) in [5, 5.41) is 5.12. The van der Waals surface area contributed by atoms with Crippen molar-refractivity contribution >= 4 is 49.1 Å². The van der Waals surface area contributed by atoms with Crippen LogP contribution in [0.3, 0.4) is 0 Å². The van der Waals surface area contributed by atoms with Crippen LogP contribution in [0.1, 0.15) is 5.56 Å². The smallest absolute Gasteiger partial charge is 0.342 e. The molecule has 4 heterocycles. The van der Waals surface area contributed by atoms with E-state index in [1.165, 1.54) is 43.7 Å². The summed E-state index contributed by atoms with van der Waals surface area (Å²) in [5.41, 5.74) is 10.2. The van der Waals surface area contributed by atoms with Crippen LogP contribution in [-0.4, -0.2) is 14.0 Å². The molecule has 5 heteroatoms. The number of hydrogen-bond donors (Lipinski definition) is 0. The van der Waals surface area contributed by atoms with E-state index in [2.05, 4.69) is 117 Å². The van der Waals surface area contributed by atoms with Gasteiger partial charge in [0.25, 0.3) is 0 Å². The van der Waals surface area contributed by atoms with Gasteiger partial charge < -0.3 is 18.5 Å². The molecule has 0 aliphatic rings. The van der Waals surface area contributed by atoms with Crippen LogP contribution in [0, 0.1) is 25.4 Å². The molecule has 0 radical (unpaired) electrons. The summed E-state index contributed by atoms with van der Waals surface area (Å²) < 4.78 is 6.54. The van der Waals surface area contributed by atoms with Crippen LogP contribution < -0.4 is 4.57 Å². The van der Waals surface area contributed by atoms with E-state index < -0.39 is 0 Å². The van der Waals surface area contributed by atoms with E-state index in [0.717, 1.165) is 28.0 Å². The summed E-state index contributed by atoms with van der Waals surface area (Å²) in [6, 6.07) is 46.6. The van der Waals surface area contributed by atoms with Gasteiger partial charge in [0.05, 0.1) is 23.6 Å². The maximum atomic E-state index is 4.32. The van der Waals surface area contributed by atoms with E-state index in [0.29, 0.717) is 0 Å². The zero-order valence-corrected chi connectivity index (χ0v) is 26.1. The van der Waals surface area contributed by atoms with Crippen molar-refractivity contribution < 1.29 is 24.7 Å². The van der Waals surface area contributed by atoms with Crippen LogP contribution in [0.2, 0.25) is 0 Å². The first-order chi connectivity index (χ1) is 20.7. The first kappa shape index (κ1) is 27.0. The van der Waals surface area contributed by atoms with Gasteiger partial charge in [0, 0.05) is 22.5 Å². The molecule has 4 aromatic heterocycles. The van der Waals surface area contributed by atoms with Gasteiger partial charge in [0.15, 0.2) is 0 Å². The van der Waals surface area contributed by atoms with E-state index in [9.17, 15) is 0 Å². The van der Waals surface area contributed by atoms with Crippen molar-refractivity contribution in [3.8, 4) is 16.9 Å². The van der Waals surface area contributed by atoms with Gasteiger partial charge >= 0.3 is 20.1 Å². The summed E-state index contributed by atoms with van der Waals surface area (Å²) in [5.74, 6) is 0. The average molecular weight is 731 g/mol. The number of hydrogen-bond acceptors (Lipinski definition) is 1. The van der Waals surface area contributed by atoms with Crippen LogP contribution in [-0.2, 0) is 27.2 Å². The summed E-state index contributed by atoms with van der Waals surface area (Å²) in [4.78, 5) is 4.32. The summed E-state index contributed by atoms with van der Waals surface area (Å²) in [6.07, 6.45) is 5.30. The third-order valence-corrected chi connectivity index (χ3v) is 8.01. The molecule has 0 unspecified atom stereocenters. The molecule has 0 saturated carbocycles. The Morgan fingerprint density at radius 3 is 2.23 bits per heavy atom. The molecule has 4 nitrogen and oxygen atoms in total. The maximum absolute atomic E-state index is 4.32. The second-order valence-electron chi connectivity index (χ2n) is 10.7. The molecular weight excluding hydrogens is 705 g/mol. The SMILES string of the molecule is C[n+]1[c-]n(-c2[c-]cc3c4cccc5c6ccccc6n(c3c2)c54)c2ccccc21.Cc1ccc(-c2[c-]cccc2)nc1.[Ir+3]. The number of imidazole rings is 1. The molecule has 0 N–H and O–H groups in total. The maximum Gasteiger partial charge on any atom is 3.00 e. The number of aromatic nitrogens is 4. The fourth-order valence-electron chi connectivity index (χ4n) is 6.04. The summed E-state index contributed by atoms with van der Waals surface area (Å²) >= 11 is 0. The second kappa shape index (κ2) is 10.8. The standard InChI is InChI=1S/C26H16N3.C12H10N.Ir/c1-27-16-28(24-12-5-4-11-23(24)27)17-13-14-19-21-9-6-8-20-18-7-2-3-10-22(18)29(26(20)21)25(19)15-17;1-10-7-8-12(13-9-10)11-5-3-2-4-6-11;/h2-12,14-15H,1H3;2-5,7-9H,1H3;/q2*-1;+3. The van der Waals surface area contributed by atoms with Crippen LogP contribution >= 0.6 is 0 Å². The van der Waals surface area contributed by atoms with E-state index >= 15 is 0 Å². The van der Waals surface area contributed by atoms with Gasteiger partial charge in [0.2, 0.25) is 6.33 Å². The molecule has 0 spiro atoms. The Hall–Kier alpha value is -4.83. The third-order valence-electron chi connectivity index (χ3n) is 8.01. The minimum absolute atomic E-state index is 0. The van der Waals surface area contributed by atoms with E-state index in [1.54, 1.807) is 0 Å². The first-order valence-electron chi connectivity index (χ1n) is 14.0. The van der Waals surface area contributed by atoms with E-state index in [4.69, 9.17) is 0 Å². The Kier molecular flexibility index (Phi) is 6.77. The fraction of sp³-hybridized carbons (Fsp3) is 0.0526. The number of aryl methyl sites for hydroxylation is 2. The fourth-order valence-corrected chi connectivity index (χ4v) is 6.04. The number of para-hydroxylation sites is 4. The van der Waals surface area contributed by atoms with Crippen LogP contribution in [0.5, 0.6) is 0 Å². The quantitative estimate of drug-likeness (QED) is 0.131. The van der Waals surface area contributed by atoms with E-state index in [1.807, 2.05) is 55.1 Å². The van der Waals surface area contributed by atoms with Gasteiger partial charge in [-0.15, -0.1) is 47.3 Å². The largest absolute Gasteiger partial charge is 3.00 e. The molecule has 0 aliphatic heterocycles. The molecule has 0 saturated heterocycles. The number of fused-ring (bicyclic) bond motifs is 7. The zero-order valence-electron chi connectivity index (χ0n) is 23.7. The van der Waals surface area contributed by atoms with Crippen molar-refractivity contribution in [2.45, 2.75) is 6.92 Å². The van der Waals surface area contributed by atoms with Crippen molar-refractivity contribution in [1.29, 1.82) is 0 Å². The van der Waals surface area contributed by atoms with Crippen molar-refractivity contribution in [1.82, 2.24) is 14.0 Å². The van der Waals surface area contributed by atoms with Crippen LogP contribution in [0.4, 0.5) is 0 Å². The Bertz CT molecular complexity index is 2370. The van der Waals surface area contributed by atoms with Crippen molar-refractivity contribution in [3.63, 3.8) is 0 Å². The summed E-state index contributed by atoms with van der Waals surface area (Å²) in [7, 11) is 2.03. The van der Waals surface area contributed by atoms with Gasteiger partial charge in [0.1, 0.15) is 0 Å². The number of benzene rings is 5. The number of pyridine rings is 1. The van der Waals surface area contributed by atoms with Crippen molar-refractivity contribution in [2.75, 3.05) is 0 Å². The van der Waals surface area contributed by atoms with E-state index in [-0.39, 0.29) is 20.1 Å². The molecule has 5 aromatic carbocycles. The monoisotopic (exact) mass is 731 g/mol. The molecule has 0 aliphatic carbocycles. The van der Waals surface area contributed by atoms with Crippen LogP contribution in [0.15, 0.2) is 121 Å². The Morgan fingerprint density at radius 1 is 0.698 bits per heavy atom. The molecular formula is C38H26IrN4+. The van der Waals surface area contributed by atoms with Gasteiger partial charge in [-0.3, -0.25) is 0 Å². The Balaban J connectivity index is 0.000000182. The number of rotatable bonds is 2. The Morgan fingerprint density at radius 2 is 1.44 bits per heavy atom. The minimum atomic E-state index is 0. The molecule has 0 fully saturated rings. The molecule has 0 atom stereocenters. The normalized spacial score (nSPS) is 11.3. The third kappa shape index (κ3) is 4.40. The topological polar surface area (TPSA) is 26.1 Å². The molecule has 206 valence electrons. The van der Waals surface area contributed by atoms with Gasteiger partial charge in [-0.2, -0.15) is 12.1 Å². The summed E-state index contributed by atoms with van der Waals surface area (Å²) in [6.45, 7) is 2.03. The predicted molar refractivity (Wildman–Crippen MR) is 170 cm³/mol. The van der Waals surface area contributed by atoms with Crippen molar-refractivity contribution in [2.24, 2.45) is 7.05 Å². The van der Waals surface area contributed by atoms with Gasteiger partial charge in [-0.25, -0.2) is 0 Å². The van der Waals surface area contributed by atoms with Crippen LogP contribution in [0.25, 0.3) is 66.1 Å². The minimum Gasteiger partial charge on any atom is -0.342 e. The average Bonchev–Trinajstić information content (AvgIpc) is 3.69. The van der Waals surface area contributed by atoms with Crippen molar-refractivity contribution in [3.05, 3.63) is 145 Å². The zero-order chi connectivity index (χ0) is 28.2.